The van der Waals surface area contributed by atoms with Gasteiger partial charge in [-0.15, -0.1) is 0 Å². The highest BCUT2D eigenvalue weighted by atomic mass is 16.5. The van der Waals surface area contributed by atoms with Crippen LogP contribution in [0.5, 0.6) is 11.5 Å². The molecule has 2 aliphatic rings. The van der Waals surface area contributed by atoms with Gasteiger partial charge < -0.3 is 14.4 Å². The first kappa shape index (κ1) is 13.8. The van der Waals surface area contributed by atoms with Gasteiger partial charge in [0.05, 0.1) is 12.2 Å². The second kappa shape index (κ2) is 5.41. The summed E-state index contributed by atoms with van der Waals surface area (Å²) < 4.78 is 12.6. The third kappa shape index (κ3) is 2.31. The fourth-order valence-electron chi connectivity index (χ4n) is 3.68. The van der Waals surface area contributed by atoms with E-state index in [1.165, 1.54) is 11.1 Å². The number of likely N-dealkylation sites (N-methyl/N-ethyl adjacent to an activating group) is 1. The minimum Gasteiger partial charge on any atom is -0.457 e. The van der Waals surface area contributed by atoms with Crippen LogP contribution < -0.4 is 4.74 Å². The van der Waals surface area contributed by atoms with Crippen LogP contribution in [0.1, 0.15) is 29.6 Å². The van der Waals surface area contributed by atoms with E-state index < -0.39 is 0 Å². The summed E-state index contributed by atoms with van der Waals surface area (Å²) >= 11 is 0. The van der Waals surface area contributed by atoms with Crippen LogP contribution in [0.4, 0.5) is 0 Å². The van der Waals surface area contributed by atoms with Gasteiger partial charge in [0.25, 0.3) is 0 Å². The molecular formula is C19H21NO2. The van der Waals surface area contributed by atoms with Crippen molar-refractivity contribution in [3.8, 4) is 11.5 Å². The minimum atomic E-state index is 0.0878. The zero-order valence-corrected chi connectivity index (χ0v) is 13.0. The smallest absolute Gasteiger partial charge is 0.133 e. The Balaban J connectivity index is 1.79. The number of fused-ring (bicyclic) bond motifs is 5. The van der Waals surface area contributed by atoms with Crippen LogP contribution >= 0.6 is 0 Å². The predicted octanol–water partition coefficient (Wildman–Crippen LogP) is 3.97. The molecule has 2 aromatic rings. The third-order valence-corrected chi connectivity index (χ3v) is 4.55. The van der Waals surface area contributed by atoms with Crippen molar-refractivity contribution in [2.24, 2.45) is 0 Å². The van der Waals surface area contributed by atoms with Crippen LogP contribution in [0.15, 0.2) is 48.5 Å². The molecule has 3 atom stereocenters. The van der Waals surface area contributed by atoms with Crippen molar-refractivity contribution < 1.29 is 9.47 Å². The van der Waals surface area contributed by atoms with Crippen LogP contribution in [-0.2, 0) is 4.74 Å². The molecule has 4 rings (SSSR count). The molecule has 0 unspecified atom stereocenters. The van der Waals surface area contributed by atoms with E-state index in [0.717, 1.165) is 24.5 Å². The van der Waals surface area contributed by atoms with Gasteiger partial charge in [-0.25, -0.2) is 0 Å². The number of hydrogen-bond acceptors (Lipinski definition) is 3. The lowest BCUT2D eigenvalue weighted by Gasteiger charge is -2.19. The second-order valence-corrected chi connectivity index (χ2v) is 6.46. The van der Waals surface area contributed by atoms with Gasteiger partial charge in [-0.3, -0.25) is 0 Å². The first-order valence-corrected chi connectivity index (χ1v) is 7.88. The molecule has 2 aromatic carbocycles. The molecule has 0 aliphatic carbocycles. The third-order valence-electron chi connectivity index (χ3n) is 4.55. The van der Waals surface area contributed by atoms with E-state index >= 15 is 0 Å². The van der Waals surface area contributed by atoms with E-state index in [1.807, 2.05) is 18.2 Å². The molecule has 0 saturated carbocycles. The lowest BCUT2D eigenvalue weighted by Crippen LogP contribution is -2.25. The molecule has 1 fully saturated rings. The molecule has 1 saturated heterocycles. The number of hydrogen-bond donors (Lipinski definition) is 0. The first-order chi connectivity index (χ1) is 10.7. The second-order valence-electron chi connectivity index (χ2n) is 6.46. The monoisotopic (exact) mass is 295 g/mol. The molecule has 0 N–H and O–H groups in total. The van der Waals surface area contributed by atoms with Gasteiger partial charge in [0.2, 0.25) is 0 Å². The number of para-hydroxylation sites is 2. The van der Waals surface area contributed by atoms with Gasteiger partial charge in [0.15, 0.2) is 0 Å². The Hall–Kier alpha value is -1.84. The molecule has 3 nitrogen and oxygen atoms in total. The summed E-state index contributed by atoms with van der Waals surface area (Å²) in [5, 5.41) is 0. The molecule has 0 spiro atoms. The average Bonchev–Trinajstić information content (AvgIpc) is 2.85. The molecule has 2 aliphatic heterocycles. The van der Waals surface area contributed by atoms with Gasteiger partial charge in [0.1, 0.15) is 11.5 Å². The molecule has 114 valence electrons. The SMILES string of the molecule is CN(C)C[C@H]1C[C@@H]2c3ccccc3Oc3ccccc3[C@@H]2O1. The number of nitrogens with zero attached hydrogens (tertiary/aromatic N) is 1. The highest BCUT2D eigenvalue weighted by Gasteiger charge is 2.41. The summed E-state index contributed by atoms with van der Waals surface area (Å²) in [6.45, 7) is 0.957. The van der Waals surface area contributed by atoms with Crippen LogP contribution in [0, 0.1) is 0 Å². The van der Waals surface area contributed by atoms with Crippen molar-refractivity contribution in [1.29, 1.82) is 0 Å². The fourth-order valence-corrected chi connectivity index (χ4v) is 3.68. The molecule has 3 heteroatoms. The quantitative estimate of drug-likeness (QED) is 0.837. The van der Waals surface area contributed by atoms with E-state index in [1.54, 1.807) is 0 Å². The van der Waals surface area contributed by atoms with Crippen LogP contribution in [-0.4, -0.2) is 31.6 Å². The number of rotatable bonds is 2. The van der Waals surface area contributed by atoms with E-state index in [-0.39, 0.29) is 12.2 Å². The van der Waals surface area contributed by atoms with E-state index in [0.29, 0.717) is 5.92 Å². The Morgan fingerprint density at radius 3 is 2.32 bits per heavy atom. The maximum Gasteiger partial charge on any atom is 0.133 e. The summed E-state index contributed by atoms with van der Waals surface area (Å²) in [6.07, 6.45) is 1.39. The largest absolute Gasteiger partial charge is 0.457 e. The zero-order chi connectivity index (χ0) is 15.1. The van der Waals surface area contributed by atoms with Gasteiger partial charge in [0, 0.05) is 23.6 Å². The van der Waals surface area contributed by atoms with Gasteiger partial charge in [-0.1, -0.05) is 36.4 Å². The Morgan fingerprint density at radius 2 is 1.59 bits per heavy atom. The van der Waals surface area contributed by atoms with Crippen molar-refractivity contribution in [2.75, 3.05) is 20.6 Å². The standard InChI is InChI=1S/C19H21NO2/c1-20(2)12-13-11-16-14-7-3-5-9-17(14)22-18-10-6-4-8-15(18)19(16)21-13/h3-10,13,16,19H,11-12H2,1-2H3/t13-,16-,19+/m1/s1. The Labute approximate surface area is 131 Å². The normalized spacial score (nSPS) is 25.9. The molecule has 0 radical (unpaired) electrons. The summed E-state index contributed by atoms with van der Waals surface area (Å²) in [4.78, 5) is 2.20. The average molecular weight is 295 g/mol. The highest BCUT2D eigenvalue weighted by molar-refractivity contribution is 5.49. The molecule has 0 aromatic heterocycles. The van der Waals surface area contributed by atoms with Crippen molar-refractivity contribution in [2.45, 2.75) is 24.5 Å². The Morgan fingerprint density at radius 1 is 0.955 bits per heavy atom. The summed E-state index contributed by atoms with van der Waals surface area (Å²) in [6, 6.07) is 16.6. The molecular weight excluding hydrogens is 274 g/mol. The van der Waals surface area contributed by atoms with Crippen molar-refractivity contribution in [3.05, 3.63) is 59.7 Å². The molecule has 0 bridgehead atoms. The first-order valence-electron chi connectivity index (χ1n) is 7.88. The number of ether oxygens (including phenoxy) is 2. The summed E-state index contributed by atoms with van der Waals surface area (Å²) in [5.41, 5.74) is 2.44. The topological polar surface area (TPSA) is 21.7 Å². The van der Waals surface area contributed by atoms with Crippen molar-refractivity contribution in [3.63, 3.8) is 0 Å². The molecule has 0 amide bonds. The van der Waals surface area contributed by atoms with E-state index in [9.17, 15) is 0 Å². The summed E-state index contributed by atoms with van der Waals surface area (Å²) in [5.74, 6) is 2.26. The molecule has 2 heterocycles. The minimum absolute atomic E-state index is 0.0878. The van der Waals surface area contributed by atoms with Crippen LogP contribution in [0.2, 0.25) is 0 Å². The molecule has 22 heavy (non-hydrogen) atoms. The lowest BCUT2D eigenvalue weighted by atomic mass is 9.87. The van der Waals surface area contributed by atoms with E-state index in [4.69, 9.17) is 9.47 Å². The van der Waals surface area contributed by atoms with Crippen LogP contribution in [0.3, 0.4) is 0 Å². The van der Waals surface area contributed by atoms with Gasteiger partial charge in [-0.05, 0) is 32.6 Å². The van der Waals surface area contributed by atoms with E-state index in [2.05, 4.69) is 49.3 Å². The fraction of sp³-hybridized carbons (Fsp3) is 0.368. The maximum atomic E-state index is 6.42. The van der Waals surface area contributed by atoms with Crippen molar-refractivity contribution in [1.82, 2.24) is 4.90 Å². The summed E-state index contributed by atoms with van der Waals surface area (Å²) in [7, 11) is 4.20. The van der Waals surface area contributed by atoms with Crippen molar-refractivity contribution >= 4 is 0 Å². The zero-order valence-electron chi connectivity index (χ0n) is 13.0. The highest BCUT2D eigenvalue weighted by Crippen LogP contribution is 2.52. The Kier molecular flexibility index (Phi) is 3.40. The van der Waals surface area contributed by atoms with Gasteiger partial charge in [-0.2, -0.15) is 0 Å². The number of benzene rings is 2. The van der Waals surface area contributed by atoms with Crippen LogP contribution in [0.25, 0.3) is 0 Å². The maximum absolute atomic E-state index is 6.42. The van der Waals surface area contributed by atoms with Gasteiger partial charge >= 0.3 is 0 Å². The predicted molar refractivity (Wildman–Crippen MR) is 86.5 cm³/mol. The lowest BCUT2D eigenvalue weighted by molar-refractivity contribution is 0.0271. The Bertz CT molecular complexity index is 629.